The third kappa shape index (κ3) is 3.96. The largest absolute Gasteiger partial charge is 0.489 e. The molecule has 1 heterocycles. The van der Waals surface area contributed by atoms with Crippen molar-refractivity contribution in [3.63, 3.8) is 0 Å². The molecule has 2 aromatic rings. The first-order chi connectivity index (χ1) is 12.9. The van der Waals surface area contributed by atoms with Crippen LogP contribution in [0, 0.1) is 0 Å². The predicted octanol–water partition coefficient (Wildman–Crippen LogP) is 4.54. The highest BCUT2D eigenvalue weighted by Gasteiger charge is 2.36. The van der Waals surface area contributed by atoms with Gasteiger partial charge >= 0.3 is 0 Å². The Morgan fingerprint density at radius 2 is 1.85 bits per heavy atom. The standard InChI is InChI=1S/C23H26O4/c1-4-20(25)18-12-17(21(26)11-10-14(2)24)13-19-22(15(3)27-23(18)19)16-8-6-5-7-9-16/h5-9,12-15,22,24H,4,10-11H2,1-3H3/t14?,15-,22-/m0/s1. The molecule has 0 saturated carbocycles. The maximum atomic E-state index is 12.7. The first-order valence-electron chi connectivity index (χ1n) is 9.56. The minimum absolute atomic E-state index is 0.0193. The van der Waals surface area contributed by atoms with E-state index in [0.717, 1.165) is 11.1 Å². The molecule has 0 spiro atoms. The van der Waals surface area contributed by atoms with E-state index in [1.807, 2.05) is 50.2 Å². The SMILES string of the molecule is CCC(=O)c1cc(C(=O)CCC(C)O)cc2c1O[C@@H](C)[C@H]2c1ccccc1. The van der Waals surface area contributed by atoms with Crippen LogP contribution in [0.25, 0.3) is 0 Å². The van der Waals surface area contributed by atoms with Crippen molar-refractivity contribution in [2.45, 2.75) is 58.2 Å². The van der Waals surface area contributed by atoms with Crippen LogP contribution in [0.2, 0.25) is 0 Å². The lowest BCUT2D eigenvalue weighted by atomic mass is 9.85. The molecule has 1 aliphatic rings. The van der Waals surface area contributed by atoms with Gasteiger partial charge in [-0.1, -0.05) is 37.3 Å². The highest BCUT2D eigenvalue weighted by molar-refractivity contribution is 6.04. The smallest absolute Gasteiger partial charge is 0.166 e. The Bertz CT molecular complexity index is 839. The summed E-state index contributed by atoms with van der Waals surface area (Å²) in [7, 11) is 0. The van der Waals surface area contributed by atoms with Gasteiger partial charge in [0.2, 0.25) is 0 Å². The Hall–Kier alpha value is -2.46. The van der Waals surface area contributed by atoms with E-state index in [1.165, 1.54) is 0 Å². The molecule has 4 heteroatoms. The molecule has 0 aliphatic carbocycles. The number of ether oxygens (including phenoxy) is 1. The number of ketones is 2. The van der Waals surface area contributed by atoms with Gasteiger partial charge in [0.1, 0.15) is 11.9 Å². The van der Waals surface area contributed by atoms with E-state index in [2.05, 4.69) is 0 Å². The second kappa shape index (κ2) is 8.05. The van der Waals surface area contributed by atoms with E-state index in [4.69, 9.17) is 4.74 Å². The lowest BCUT2D eigenvalue weighted by Crippen LogP contribution is -2.15. The maximum absolute atomic E-state index is 12.7. The number of aliphatic hydroxyl groups is 1. The van der Waals surface area contributed by atoms with Gasteiger partial charge < -0.3 is 9.84 Å². The third-order valence-electron chi connectivity index (χ3n) is 5.12. The van der Waals surface area contributed by atoms with E-state index in [9.17, 15) is 14.7 Å². The average molecular weight is 366 g/mol. The zero-order chi connectivity index (χ0) is 19.6. The summed E-state index contributed by atoms with van der Waals surface area (Å²) < 4.78 is 6.09. The number of hydrogen-bond acceptors (Lipinski definition) is 4. The Morgan fingerprint density at radius 3 is 2.48 bits per heavy atom. The fourth-order valence-electron chi connectivity index (χ4n) is 3.67. The van der Waals surface area contributed by atoms with Gasteiger partial charge in [0, 0.05) is 29.9 Å². The predicted molar refractivity (Wildman–Crippen MR) is 105 cm³/mol. The molecular formula is C23H26O4. The molecule has 1 aliphatic heterocycles. The maximum Gasteiger partial charge on any atom is 0.166 e. The van der Waals surface area contributed by atoms with Crippen molar-refractivity contribution in [3.05, 3.63) is 64.7 Å². The van der Waals surface area contributed by atoms with Gasteiger partial charge in [0.25, 0.3) is 0 Å². The Morgan fingerprint density at radius 1 is 1.15 bits per heavy atom. The van der Waals surface area contributed by atoms with Crippen molar-refractivity contribution < 1.29 is 19.4 Å². The van der Waals surface area contributed by atoms with Crippen LogP contribution in [0.15, 0.2) is 42.5 Å². The van der Waals surface area contributed by atoms with Crippen LogP contribution in [0.5, 0.6) is 5.75 Å². The minimum Gasteiger partial charge on any atom is -0.489 e. The van der Waals surface area contributed by atoms with E-state index >= 15 is 0 Å². The van der Waals surface area contributed by atoms with Gasteiger partial charge in [-0.15, -0.1) is 0 Å². The van der Waals surface area contributed by atoms with Crippen LogP contribution in [0.4, 0.5) is 0 Å². The number of rotatable bonds is 7. The van der Waals surface area contributed by atoms with Crippen molar-refractivity contribution in [1.82, 2.24) is 0 Å². The normalized spacial score (nSPS) is 19.3. The number of Topliss-reactive ketones (excluding diaryl/α,β-unsaturated/α-hetero) is 2. The van der Waals surface area contributed by atoms with Crippen LogP contribution < -0.4 is 4.74 Å². The molecule has 0 aromatic heterocycles. The molecule has 0 radical (unpaired) electrons. The Labute approximate surface area is 160 Å². The van der Waals surface area contributed by atoms with Gasteiger partial charge in [0.05, 0.1) is 11.7 Å². The van der Waals surface area contributed by atoms with Gasteiger partial charge in [-0.2, -0.15) is 0 Å². The summed E-state index contributed by atoms with van der Waals surface area (Å²) >= 11 is 0. The van der Waals surface area contributed by atoms with Crippen molar-refractivity contribution in [2.24, 2.45) is 0 Å². The fourth-order valence-corrected chi connectivity index (χ4v) is 3.67. The number of aliphatic hydroxyl groups excluding tert-OH is 1. The van der Waals surface area contributed by atoms with E-state index in [1.54, 1.807) is 13.0 Å². The van der Waals surface area contributed by atoms with Gasteiger partial charge in [-0.25, -0.2) is 0 Å². The summed E-state index contributed by atoms with van der Waals surface area (Å²) in [5.41, 5.74) is 3.01. The molecule has 3 rings (SSSR count). The van der Waals surface area contributed by atoms with Crippen molar-refractivity contribution in [2.75, 3.05) is 0 Å². The van der Waals surface area contributed by atoms with Crippen LogP contribution in [-0.4, -0.2) is 28.9 Å². The molecule has 0 bridgehead atoms. The highest BCUT2D eigenvalue weighted by Crippen LogP contribution is 2.45. The second-order valence-electron chi connectivity index (χ2n) is 7.24. The van der Waals surface area contributed by atoms with Crippen LogP contribution in [0.1, 0.15) is 77.8 Å². The summed E-state index contributed by atoms with van der Waals surface area (Å²) in [5.74, 6) is 0.497. The number of hydrogen-bond donors (Lipinski definition) is 1. The zero-order valence-electron chi connectivity index (χ0n) is 16.1. The van der Waals surface area contributed by atoms with Crippen molar-refractivity contribution in [1.29, 1.82) is 0 Å². The van der Waals surface area contributed by atoms with Crippen molar-refractivity contribution in [3.8, 4) is 5.75 Å². The van der Waals surface area contributed by atoms with Gasteiger partial charge in [-0.05, 0) is 38.0 Å². The number of carbonyl (C=O) groups is 2. The fraction of sp³-hybridized carbons (Fsp3) is 0.391. The number of benzene rings is 2. The lowest BCUT2D eigenvalue weighted by Gasteiger charge is -2.15. The first kappa shape index (κ1) is 19.3. The topological polar surface area (TPSA) is 63.6 Å². The molecule has 142 valence electrons. The number of fused-ring (bicyclic) bond motifs is 1. The Kier molecular flexibility index (Phi) is 5.76. The van der Waals surface area contributed by atoms with Crippen LogP contribution in [0.3, 0.4) is 0 Å². The molecule has 0 amide bonds. The molecule has 2 aromatic carbocycles. The Balaban J connectivity index is 2.08. The monoisotopic (exact) mass is 366 g/mol. The molecule has 0 fully saturated rings. The van der Waals surface area contributed by atoms with E-state index in [-0.39, 0.29) is 30.0 Å². The molecule has 27 heavy (non-hydrogen) atoms. The van der Waals surface area contributed by atoms with Gasteiger partial charge in [0.15, 0.2) is 11.6 Å². The summed E-state index contributed by atoms with van der Waals surface area (Å²) in [6, 6.07) is 13.5. The van der Waals surface area contributed by atoms with E-state index < -0.39 is 6.10 Å². The highest BCUT2D eigenvalue weighted by atomic mass is 16.5. The molecule has 4 nitrogen and oxygen atoms in total. The molecule has 3 atom stereocenters. The second-order valence-corrected chi connectivity index (χ2v) is 7.24. The lowest BCUT2D eigenvalue weighted by molar-refractivity contribution is 0.0949. The minimum atomic E-state index is -0.527. The summed E-state index contributed by atoms with van der Waals surface area (Å²) in [4.78, 5) is 25.2. The summed E-state index contributed by atoms with van der Waals surface area (Å²) in [6.45, 7) is 5.47. The third-order valence-corrected chi connectivity index (χ3v) is 5.12. The molecule has 1 N–H and O–H groups in total. The summed E-state index contributed by atoms with van der Waals surface area (Å²) in [5, 5.41) is 9.48. The quantitative estimate of drug-likeness (QED) is 0.731. The molecular weight excluding hydrogens is 340 g/mol. The zero-order valence-corrected chi connectivity index (χ0v) is 16.1. The van der Waals surface area contributed by atoms with Crippen molar-refractivity contribution >= 4 is 11.6 Å². The van der Waals surface area contributed by atoms with Crippen LogP contribution >= 0.6 is 0 Å². The molecule has 0 saturated heterocycles. The van der Waals surface area contributed by atoms with Crippen LogP contribution in [-0.2, 0) is 0 Å². The van der Waals surface area contributed by atoms with E-state index in [0.29, 0.717) is 29.7 Å². The number of carbonyl (C=O) groups excluding carboxylic acids is 2. The average Bonchev–Trinajstić information content (AvgIpc) is 3.00. The van der Waals surface area contributed by atoms with Gasteiger partial charge in [-0.3, -0.25) is 9.59 Å². The molecule has 1 unspecified atom stereocenters. The first-order valence-corrected chi connectivity index (χ1v) is 9.56. The summed E-state index contributed by atoms with van der Waals surface area (Å²) in [6.07, 6.45) is 0.366.